The second-order valence-electron chi connectivity index (χ2n) is 5.76. The van der Waals surface area contributed by atoms with E-state index in [4.69, 9.17) is 9.47 Å². The highest BCUT2D eigenvalue weighted by Gasteiger charge is 2.16. The summed E-state index contributed by atoms with van der Waals surface area (Å²) >= 11 is 0. The Bertz CT molecular complexity index is 757. The van der Waals surface area contributed by atoms with E-state index in [1.54, 1.807) is 0 Å². The Hall–Kier alpha value is -3.09. The van der Waals surface area contributed by atoms with Crippen molar-refractivity contribution in [3.8, 4) is 11.5 Å². The van der Waals surface area contributed by atoms with Crippen molar-refractivity contribution >= 4 is 11.8 Å². The van der Waals surface area contributed by atoms with E-state index in [2.05, 4.69) is 10.9 Å². The number of benzene rings is 2. The molecule has 2 rings (SSSR count). The van der Waals surface area contributed by atoms with Crippen LogP contribution in [0.25, 0.3) is 0 Å². The zero-order valence-corrected chi connectivity index (χ0v) is 14.8. The third-order valence-electron chi connectivity index (χ3n) is 3.58. The fraction of sp³-hybridized carbons (Fsp3) is 0.263. The summed E-state index contributed by atoms with van der Waals surface area (Å²) in [6.45, 7) is 5.05. The molecule has 0 aromatic heterocycles. The van der Waals surface area contributed by atoms with Crippen LogP contribution in [-0.2, 0) is 9.59 Å². The summed E-state index contributed by atoms with van der Waals surface area (Å²) < 4.78 is 23.7. The number of ether oxygens (including phenoxy) is 2. The minimum Gasteiger partial charge on any atom is -0.483 e. The van der Waals surface area contributed by atoms with Crippen LogP contribution in [0.5, 0.6) is 11.5 Å². The number of para-hydroxylation sites is 1. The van der Waals surface area contributed by atoms with E-state index in [9.17, 15) is 14.0 Å². The van der Waals surface area contributed by atoms with Crippen LogP contribution in [0, 0.1) is 19.7 Å². The highest BCUT2D eigenvalue weighted by molar-refractivity contribution is 5.85. The van der Waals surface area contributed by atoms with Crippen molar-refractivity contribution in [2.24, 2.45) is 0 Å². The van der Waals surface area contributed by atoms with Gasteiger partial charge in [0.05, 0.1) is 0 Å². The van der Waals surface area contributed by atoms with Crippen molar-refractivity contribution in [3.05, 3.63) is 59.4 Å². The number of hydrogen-bond acceptors (Lipinski definition) is 4. The number of rotatable bonds is 6. The van der Waals surface area contributed by atoms with E-state index < -0.39 is 23.7 Å². The Labute approximate surface area is 151 Å². The number of carbonyl (C=O) groups excluding carboxylic acids is 2. The topological polar surface area (TPSA) is 76.7 Å². The molecule has 138 valence electrons. The first-order chi connectivity index (χ1) is 12.4. The average molecular weight is 360 g/mol. The molecule has 0 saturated heterocycles. The second-order valence-corrected chi connectivity index (χ2v) is 5.76. The molecule has 0 fully saturated rings. The third-order valence-corrected chi connectivity index (χ3v) is 3.58. The fourth-order valence-electron chi connectivity index (χ4n) is 2.20. The van der Waals surface area contributed by atoms with E-state index >= 15 is 0 Å². The number of hydrazine groups is 1. The monoisotopic (exact) mass is 360 g/mol. The smallest absolute Gasteiger partial charge is 0.279 e. The summed E-state index contributed by atoms with van der Waals surface area (Å²) in [7, 11) is 0. The minimum absolute atomic E-state index is 0.237. The Morgan fingerprint density at radius 3 is 2.27 bits per heavy atom. The molecule has 0 aliphatic heterocycles. The number of aryl methyl sites for hydroxylation is 2. The van der Waals surface area contributed by atoms with Gasteiger partial charge in [0.25, 0.3) is 11.8 Å². The van der Waals surface area contributed by atoms with Crippen LogP contribution in [0.15, 0.2) is 42.5 Å². The maximum Gasteiger partial charge on any atom is 0.279 e. The van der Waals surface area contributed by atoms with Gasteiger partial charge in [-0.3, -0.25) is 20.4 Å². The Morgan fingerprint density at radius 1 is 1.04 bits per heavy atom. The van der Waals surface area contributed by atoms with Crippen LogP contribution in [0.3, 0.4) is 0 Å². The first-order valence-electron chi connectivity index (χ1n) is 8.06. The summed E-state index contributed by atoms with van der Waals surface area (Å²) in [5, 5.41) is 0. The molecule has 1 atom stereocenters. The highest BCUT2D eigenvalue weighted by Crippen LogP contribution is 2.21. The van der Waals surface area contributed by atoms with Crippen molar-refractivity contribution in [1.82, 2.24) is 10.9 Å². The molecule has 2 amide bonds. The summed E-state index contributed by atoms with van der Waals surface area (Å²) in [6, 6.07) is 11.0. The van der Waals surface area contributed by atoms with Crippen molar-refractivity contribution in [2.45, 2.75) is 26.9 Å². The molecule has 6 nitrogen and oxygen atoms in total. The van der Waals surface area contributed by atoms with Gasteiger partial charge >= 0.3 is 0 Å². The molecule has 0 spiro atoms. The average Bonchev–Trinajstić information content (AvgIpc) is 2.61. The summed E-state index contributed by atoms with van der Waals surface area (Å²) in [4.78, 5) is 23.8. The zero-order chi connectivity index (χ0) is 19.1. The van der Waals surface area contributed by atoms with Crippen LogP contribution < -0.4 is 20.3 Å². The normalized spacial score (nSPS) is 11.4. The fourth-order valence-corrected chi connectivity index (χ4v) is 2.20. The van der Waals surface area contributed by atoms with E-state index in [-0.39, 0.29) is 6.61 Å². The molecule has 0 saturated carbocycles. The molecule has 2 aromatic rings. The molecule has 0 bridgehead atoms. The lowest BCUT2D eigenvalue weighted by Gasteiger charge is -2.16. The van der Waals surface area contributed by atoms with Crippen LogP contribution in [0.2, 0.25) is 0 Å². The van der Waals surface area contributed by atoms with E-state index in [1.807, 2.05) is 32.0 Å². The van der Waals surface area contributed by atoms with Crippen LogP contribution in [0.4, 0.5) is 4.39 Å². The molecule has 0 unspecified atom stereocenters. The van der Waals surface area contributed by atoms with Crippen LogP contribution >= 0.6 is 0 Å². The quantitative estimate of drug-likeness (QED) is 0.776. The Balaban J connectivity index is 1.77. The first-order valence-corrected chi connectivity index (χ1v) is 8.06. The zero-order valence-electron chi connectivity index (χ0n) is 14.8. The molecule has 0 radical (unpaired) electrons. The van der Waals surface area contributed by atoms with E-state index in [0.29, 0.717) is 11.5 Å². The first kappa shape index (κ1) is 19.2. The van der Waals surface area contributed by atoms with Gasteiger partial charge in [-0.2, -0.15) is 0 Å². The van der Waals surface area contributed by atoms with Gasteiger partial charge in [0.1, 0.15) is 17.3 Å². The number of amides is 2. The van der Waals surface area contributed by atoms with E-state index in [0.717, 1.165) is 11.1 Å². The van der Waals surface area contributed by atoms with Gasteiger partial charge in [0.15, 0.2) is 12.7 Å². The Morgan fingerprint density at radius 2 is 1.65 bits per heavy atom. The molecule has 0 aliphatic rings. The lowest BCUT2D eigenvalue weighted by molar-refractivity contribution is -0.133. The van der Waals surface area contributed by atoms with Crippen LogP contribution in [0.1, 0.15) is 18.1 Å². The van der Waals surface area contributed by atoms with E-state index in [1.165, 1.54) is 31.2 Å². The van der Waals surface area contributed by atoms with Gasteiger partial charge in [0.2, 0.25) is 0 Å². The van der Waals surface area contributed by atoms with Gasteiger partial charge in [0, 0.05) is 0 Å². The largest absolute Gasteiger partial charge is 0.483 e. The molecule has 0 heterocycles. The van der Waals surface area contributed by atoms with Gasteiger partial charge in [-0.15, -0.1) is 0 Å². The van der Waals surface area contributed by atoms with Crippen molar-refractivity contribution in [2.75, 3.05) is 6.61 Å². The third kappa shape index (κ3) is 5.47. The Kier molecular flexibility index (Phi) is 6.54. The number of hydrogen-bond donors (Lipinski definition) is 2. The molecular formula is C19H21FN2O4. The van der Waals surface area contributed by atoms with Crippen molar-refractivity contribution in [3.63, 3.8) is 0 Å². The highest BCUT2D eigenvalue weighted by atomic mass is 19.1. The predicted molar refractivity (Wildman–Crippen MR) is 94.2 cm³/mol. The van der Waals surface area contributed by atoms with Crippen molar-refractivity contribution in [1.29, 1.82) is 0 Å². The van der Waals surface area contributed by atoms with Gasteiger partial charge in [-0.05, 0) is 56.2 Å². The lowest BCUT2D eigenvalue weighted by atomic mass is 10.1. The molecule has 0 aliphatic carbocycles. The molecule has 2 N–H and O–H groups in total. The maximum atomic E-state index is 12.8. The van der Waals surface area contributed by atoms with Gasteiger partial charge in [-0.1, -0.05) is 18.2 Å². The predicted octanol–water partition coefficient (Wildman–Crippen LogP) is 2.44. The molecule has 2 aromatic carbocycles. The number of halogens is 1. The number of nitrogens with one attached hydrogen (secondary N) is 2. The SMILES string of the molecule is Cc1cccc(C)c1OCC(=O)NNC(=O)[C@@H](C)Oc1ccc(F)cc1. The lowest BCUT2D eigenvalue weighted by Crippen LogP contribution is -2.48. The van der Waals surface area contributed by atoms with Gasteiger partial charge < -0.3 is 9.47 Å². The molecule has 7 heteroatoms. The summed E-state index contributed by atoms with van der Waals surface area (Å²) in [5.41, 5.74) is 6.36. The summed E-state index contributed by atoms with van der Waals surface area (Å²) in [6.07, 6.45) is -0.875. The molecular weight excluding hydrogens is 339 g/mol. The maximum absolute atomic E-state index is 12.8. The van der Waals surface area contributed by atoms with Gasteiger partial charge in [-0.25, -0.2) is 4.39 Å². The van der Waals surface area contributed by atoms with Crippen LogP contribution in [-0.4, -0.2) is 24.5 Å². The standard InChI is InChI=1S/C19H21FN2O4/c1-12-5-4-6-13(2)18(12)25-11-17(23)21-22-19(24)14(3)26-16-9-7-15(20)8-10-16/h4-10,14H,11H2,1-3H3,(H,21,23)(H,22,24)/t14-/m1/s1. The number of carbonyl (C=O) groups is 2. The second kappa shape index (κ2) is 8.84. The molecule has 26 heavy (non-hydrogen) atoms. The minimum atomic E-state index is -0.875. The van der Waals surface area contributed by atoms with Crippen molar-refractivity contribution < 1.29 is 23.5 Å². The summed E-state index contributed by atoms with van der Waals surface area (Å²) in [5.74, 6) is -0.462.